The van der Waals surface area contributed by atoms with Crippen LogP contribution in [0.3, 0.4) is 0 Å². The first-order valence-corrected chi connectivity index (χ1v) is 5.16. The van der Waals surface area contributed by atoms with Gasteiger partial charge in [0.15, 0.2) is 0 Å². The zero-order chi connectivity index (χ0) is 12.0. The van der Waals surface area contributed by atoms with Gasteiger partial charge in [0.2, 0.25) is 5.88 Å². The van der Waals surface area contributed by atoms with Crippen molar-refractivity contribution in [2.45, 2.75) is 0 Å². The van der Waals surface area contributed by atoms with E-state index in [1.165, 1.54) is 0 Å². The van der Waals surface area contributed by atoms with E-state index in [2.05, 4.69) is 5.16 Å². The predicted octanol–water partition coefficient (Wildman–Crippen LogP) is 2.12. The van der Waals surface area contributed by atoms with Gasteiger partial charge in [0, 0.05) is 24.9 Å². The summed E-state index contributed by atoms with van der Waals surface area (Å²) in [5.41, 5.74) is 7.86. The van der Waals surface area contributed by atoms with Gasteiger partial charge in [-0.2, -0.15) is 0 Å². The Labute approximate surface area is 97.1 Å². The number of hydrogen-bond acceptors (Lipinski definition) is 4. The van der Waals surface area contributed by atoms with Gasteiger partial charge in [-0.1, -0.05) is 11.2 Å². The summed E-state index contributed by atoms with van der Waals surface area (Å²) in [6.45, 7) is 0. The number of rotatable bonds is 1. The third-order valence-corrected chi connectivity index (χ3v) is 2.80. The molecule has 17 heavy (non-hydrogen) atoms. The standard InChI is InChI=1S/C12H11N3O2/c1-15-6-7(8-5-11(13)17-14-8)12-9(15)3-2-4-10(12)16/h2-6,16H,13H2,1H3. The van der Waals surface area contributed by atoms with Gasteiger partial charge in [-0.05, 0) is 12.1 Å². The lowest BCUT2D eigenvalue weighted by Gasteiger charge is -1.97. The Hall–Kier alpha value is -2.43. The molecule has 0 spiro atoms. The minimum atomic E-state index is 0.222. The van der Waals surface area contributed by atoms with E-state index in [1.807, 2.05) is 23.9 Å². The van der Waals surface area contributed by atoms with Crippen molar-refractivity contribution in [1.29, 1.82) is 0 Å². The fourth-order valence-electron chi connectivity index (χ4n) is 2.04. The Morgan fingerprint density at radius 2 is 2.24 bits per heavy atom. The van der Waals surface area contributed by atoms with E-state index in [9.17, 15) is 5.11 Å². The number of benzene rings is 1. The lowest BCUT2D eigenvalue weighted by molar-refractivity contribution is 0.439. The zero-order valence-corrected chi connectivity index (χ0v) is 9.21. The van der Waals surface area contributed by atoms with Crippen molar-refractivity contribution in [3.8, 4) is 17.0 Å². The number of nitrogen functional groups attached to an aromatic ring is 1. The second-order valence-electron chi connectivity index (χ2n) is 3.94. The van der Waals surface area contributed by atoms with E-state index >= 15 is 0 Å². The van der Waals surface area contributed by atoms with Crippen LogP contribution in [0.4, 0.5) is 5.88 Å². The molecule has 0 saturated carbocycles. The monoisotopic (exact) mass is 229 g/mol. The Morgan fingerprint density at radius 1 is 1.41 bits per heavy atom. The lowest BCUT2D eigenvalue weighted by atomic mass is 10.1. The van der Waals surface area contributed by atoms with Gasteiger partial charge in [0.05, 0.1) is 10.9 Å². The molecule has 3 rings (SSSR count). The van der Waals surface area contributed by atoms with Crippen LogP contribution in [0.2, 0.25) is 0 Å². The summed E-state index contributed by atoms with van der Waals surface area (Å²) < 4.78 is 6.78. The molecule has 0 aliphatic heterocycles. The number of fused-ring (bicyclic) bond motifs is 1. The molecule has 3 N–H and O–H groups in total. The number of hydrogen-bond donors (Lipinski definition) is 2. The first-order chi connectivity index (χ1) is 8.16. The van der Waals surface area contributed by atoms with Gasteiger partial charge in [-0.25, -0.2) is 0 Å². The zero-order valence-electron chi connectivity index (χ0n) is 9.21. The first kappa shape index (κ1) is 9.77. The van der Waals surface area contributed by atoms with E-state index in [-0.39, 0.29) is 11.6 Å². The molecule has 5 heteroatoms. The SMILES string of the molecule is Cn1cc(-c2cc(N)on2)c2c(O)cccc21. The van der Waals surface area contributed by atoms with Crippen molar-refractivity contribution >= 4 is 16.8 Å². The molecule has 0 unspecified atom stereocenters. The highest BCUT2D eigenvalue weighted by atomic mass is 16.5. The van der Waals surface area contributed by atoms with Crippen LogP contribution in [0, 0.1) is 0 Å². The number of phenolic OH excluding ortho intramolecular Hbond substituents is 1. The molecule has 0 aliphatic rings. The maximum absolute atomic E-state index is 9.93. The van der Waals surface area contributed by atoms with Crippen LogP contribution < -0.4 is 5.73 Å². The third kappa shape index (κ3) is 1.36. The summed E-state index contributed by atoms with van der Waals surface area (Å²) in [5.74, 6) is 0.479. The van der Waals surface area contributed by atoms with Crippen molar-refractivity contribution in [1.82, 2.24) is 9.72 Å². The quantitative estimate of drug-likeness (QED) is 0.670. The largest absolute Gasteiger partial charge is 0.507 e. The van der Waals surface area contributed by atoms with E-state index in [4.69, 9.17) is 10.3 Å². The molecule has 0 fully saturated rings. The summed E-state index contributed by atoms with van der Waals surface area (Å²) in [6, 6.07) is 7.02. The van der Waals surface area contributed by atoms with Crippen LogP contribution in [-0.4, -0.2) is 14.8 Å². The summed E-state index contributed by atoms with van der Waals surface area (Å²) in [5, 5.41) is 14.5. The first-order valence-electron chi connectivity index (χ1n) is 5.16. The minimum absolute atomic E-state index is 0.222. The average Bonchev–Trinajstić information content (AvgIpc) is 2.85. The van der Waals surface area contributed by atoms with Gasteiger partial charge >= 0.3 is 0 Å². The maximum atomic E-state index is 9.93. The Bertz CT molecular complexity index is 697. The normalized spacial score (nSPS) is 11.1. The van der Waals surface area contributed by atoms with Crippen LogP contribution >= 0.6 is 0 Å². The van der Waals surface area contributed by atoms with Crippen LogP contribution in [0.5, 0.6) is 5.75 Å². The van der Waals surface area contributed by atoms with Gasteiger partial charge < -0.3 is 19.9 Å². The Kier molecular flexibility index (Phi) is 1.89. The molecule has 0 bridgehead atoms. The van der Waals surface area contributed by atoms with Crippen molar-refractivity contribution in [3.63, 3.8) is 0 Å². The number of phenols is 1. The highest BCUT2D eigenvalue weighted by Crippen LogP contribution is 2.35. The van der Waals surface area contributed by atoms with Gasteiger partial charge in [0.1, 0.15) is 11.4 Å². The van der Waals surface area contributed by atoms with Gasteiger partial charge in [-0.15, -0.1) is 0 Å². The van der Waals surface area contributed by atoms with Gasteiger partial charge in [-0.3, -0.25) is 0 Å². The van der Waals surface area contributed by atoms with Crippen LogP contribution in [0.15, 0.2) is 35.0 Å². The van der Waals surface area contributed by atoms with E-state index in [0.717, 1.165) is 16.5 Å². The molecule has 2 heterocycles. The third-order valence-electron chi connectivity index (χ3n) is 2.80. The second kappa shape index (κ2) is 3.28. The lowest BCUT2D eigenvalue weighted by Crippen LogP contribution is -1.82. The van der Waals surface area contributed by atoms with Gasteiger partial charge in [0.25, 0.3) is 0 Å². The van der Waals surface area contributed by atoms with E-state index in [1.54, 1.807) is 18.2 Å². The van der Waals surface area contributed by atoms with Crippen molar-refractivity contribution in [2.24, 2.45) is 7.05 Å². The second-order valence-corrected chi connectivity index (χ2v) is 3.94. The summed E-state index contributed by atoms with van der Waals surface area (Å²) in [7, 11) is 1.91. The minimum Gasteiger partial charge on any atom is -0.507 e. The molecule has 2 aromatic heterocycles. The molecule has 1 aromatic carbocycles. The number of aryl methyl sites for hydroxylation is 1. The molecule has 0 atom stereocenters. The fraction of sp³-hybridized carbons (Fsp3) is 0.0833. The molecule has 3 aromatic rings. The predicted molar refractivity (Wildman–Crippen MR) is 64.5 cm³/mol. The molecule has 0 saturated heterocycles. The molecular weight excluding hydrogens is 218 g/mol. The van der Waals surface area contributed by atoms with Crippen molar-refractivity contribution in [2.75, 3.05) is 5.73 Å². The van der Waals surface area contributed by atoms with Crippen LogP contribution in [0.25, 0.3) is 22.2 Å². The van der Waals surface area contributed by atoms with Crippen molar-refractivity contribution < 1.29 is 9.63 Å². The maximum Gasteiger partial charge on any atom is 0.222 e. The van der Waals surface area contributed by atoms with Crippen molar-refractivity contribution in [3.05, 3.63) is 30.5 Å². The number of anilines is 1. The topological polar surface area (TPSA) is 77.2 Å². The highest BCUT2D eigenvalue weighted by molar-refractivity contribution is 5.99. The Morgan fingerprint density at radius 3 is 2.94 bits per heavy atom. The summed E-state index contributed by atoms with van der Waals surface area (Å²) in [4.78, 5) is 0. The average molecular weight is 229 g/mol. The number of nitrogens with two attached hydrogens (primary N) is 1. The molecule has 5 nitrogen and oxygen atoms in total. The van der Waals surface area contributed by atoms with Crippen LogP contribution in [0.1, 0.15) is 0 Å². The summed E-state index contributed by atoms with van der Waals surface area (Å²) >= 11 is 0. The molecule has 0 radical (unpaired) electrons. The molecule has 0 amide bonds. The highest BCUT2D eigenvalue weighted by Gasteiger charge is 2.14. The summed E-state index contributed by atoms with van der Waals surface area (Å²) in [6.07, 6.45) is 1.89. The number of aromatic nitrogens is 2. The number of aromatic hydroxyl groups is 1. The van der Waals surface area contributed by atoms with Crippen LogP contribution in [-0.2, 0) is 7.05 Å². The van der Waals surface area contributed by atoms with E-state index < -0.39 is 0 Å². The molecular formula is C12H11N3O2. The Balaban J connectivity index is 2.37. The molecule has 0 aliphatic carbocycles. The number of nitrogens with zero attached hydrogens (tertiary/aromatic N) is 2. The smallest absolute Gasteiger partial charge is 0.222 e. The molecule has 86 valence electrons. The fourth-order valence-corrected chi connectivity index (χ4v) is 2.04. The van der Waals surface area contributed by atoms with E-state index in [0.29, 0.717) is 5.69 Å².